The molecule has 0 spiro atoms. The maximum atomic E-state index is 14.2. The molecule has 0 fully saturated rings. The normalized spacial score (nSPS) is 12.8. The Balaban J connectivity index is 2.16. The number of hydrogen-bond donors (Lipinski definition) is 2. The van der Waals surface area contributed by atoms with Crippen LogP contribution < -0.4 is 10.6 Å². The van der Waals surface area contributed by atoms with Gasteiger partial charge >= 0.3 is 0 Å². The Kier molecular flexibility index (Phi) is 5.82. The maximum Gasteiger partial charge on any atom is 0.257 e. The van der Waals surface area contributed by atoms with Gasteiger partial charge < -0.3 is 5.32 Å². The van der Waals surface area contributed by atoms with Crippen LogP contribution in [-0.4, -0.2) is 11.0 Å². The molecule has 0 aliphatic rings. The van der Waals surface area contributed by atoms with E-state index in [-0.39, 0.29) is 16.8 Å². The third-order valence-corrected chi connectivity index (χ3v) is 3.88. The second-order valence-corrected chi connectivity index (χ2v) is 5.99. The van der Waals surface area contributed by atoms with Gasteiger partial charge in [-0.3, -0.25) is 10.1 Å². The van der Waals surface area contributed by atoms with Crippen LogP contribution in [0.2, 0.25) is 0 Å². The van der Waals surface area contributed by atoms with E-state index < -0.39 is 5.54 Å². The van der Waals surface area contributed by atoms with E-state index in [1.807, 2.05) is 13.0 Å². The minimum Gasteiger partial charge on any atom is -0.353 e. The van der Waals surface area contributed by atoms with E-state index in [2.05, 4.69) is 17.2 Å². The fourth-order valence-electron chi connectivity index (χ4n) is 2.47. The number of amides is 1. The number of nitrogens with one attached hydrogen (secondary N) is 2. The molecule has 0 saturated carbocycles. The van der Waals surface area contributed by atoms with E-state index in [9.17, 15) is 9.18 Å². The zero-order valence-corrected chi connectivity index (χ0v) is 14.2. The van der Waals surface area contributed by atoms with Gasteiger partial charge in [0.05, 0.1) is 5.54 Å². The van der Waals surface area contributed by atoms with Crippen LogP contribution in [0.15, 0.2) is 67.3 Å². The molecule has 0 saturated heterocycles. The summed E-state index contributed by atoms with van der Waals surface area (Å²) in [5.74, 6) is -0.658. The van der Waals surface area contributed by atoms with Crippen molar-refractivity contribution in [1.29, 1.82) is 0 Å². The molecule has 24 heavy (non-hydrogen) atoms. The molecular formula is C19H19FN2OS. The summed E-state index contributed by atoms with van der Waals surface area (Å²) in [6, 6.07) is 15.2. The molecule has 0 aliphatic carbocycles. The summed E-state index contributed by atoms with van der Waals surface area (Å²) in [5.41, 5.74) is 0.146. The van der Waals surface area contributed by atoms with Crippen LogP contribution >= 0.6 is 12.2 Å². The predicted molar refractivity (Wildman–Crippen MR) is 98.2 cm³/mol. The molecule has 0 bridgehead atoms. The Labute approximate surface area is 146 Å². The molecule has 1 unspecified atom stereocenters. The molecule has 1 atom stereocenters. The predicted octanol–water partition coefficient (Wildman–Crippen LogP) is 3.92. The minimum atomic E-state index is -0.811. The lowest BCUT2D eigenvalue weighted by atomic mass is 9.88. The lowest BCUT2D eigenvalue weighted by Gasteiger charge is -2.32. The van der Waals surface area contributed by atoms with Crippen molar-refractivity contribution in [3.05, 3.63) is 84.2 Å². The molecule has 124 valence electrons. The fraction of sp³-hybridized carbons (Fsp3) is 0.158. The first-order valence-corrected chi connectivity index (χ1v) is 7.91. The summed E-state index contributed by atoms with van der Waals surface area (Å²) >= 11 is 5.24. The summed E-state index contributed by atoms with van der Waals surface area (Å²) in [5, 5.41) is 5.80. The van der Waals surface area contributed by atoms with Gasteiger partial charge in [-0.25, -0.2) is 4.39 Å². The molecule has 0 heterocycles. The zero-order valence-electron chi connectivity index (χ0n) is 13.4. The highest BCUT2D eigenvalue weighted by Gasteiger charge is 2.29. The van der Waals surface area contributed by atoms with Gasteiger partial charge in [0.15, 0.2) is 5.11 Å². The van der Waals surface area contributed by atoms with Crippen molar-refractivity contribution in [3.8, 4) is 0 Å². The summed E-state index contributed by atoms with van der Waals surface area (Å²) in [4.78, 5) is 12.2. The van der Waals surface area contributed by atoms with Crippen LogP contribution in [0.25, 0.3) is 0 Å². The van der Waals surface area contributed by atoms with Gasteiger partial charge in [0.2, 0.25) is 0 Å². The van der Waals surface area contributed by atoms with Gasteiger partial charge in [-0.15, -0.1) is 6.58 Å². The topological polar surface area (TPSA) is 41.1 Å². The molecule has 0 aromatic heterocycles. The highest BCUT2D eigenvalue weighted by molar-refractivity contribution is 7.80. The van der Waals surface area contributed by atoms with Gasteiger partial charge in [-0.2, -0.15) is 0 Å². The van der Waals surface area contributed by atoms with E-state index in [1.54, 1.807) is 48.5 Å². The summed E-state index contributed by atoms with van der Waals surface area (Å²) in [6.45, 7) is 5.54. The van der Waals surface area contributed by atoms with Crippen molar-refractivity contribution < 1.29 is 9.18 Å². The molecule has 0 aliphatic heterocycles. The highest BCUT2D eigenvalue weighted by Crippen LogP contribution is 2.27. The van der Waals surface area contributed by atoms with Crippen LogP contribution in [-0.2, 0) is 5.54 Å². The van der Waals surface area contributed by atoms with Crippen LogP contribution in [0.4, 0.5) is 4.39 Å². The van der Waals surface area contributed by atoms with Crippen LogP contribution in [0.3, 0.4) is 0 Å². The lowest BCUT2D eigenvalue weighted by molar-refractivity contribution is 0.0976. The lowest BCUT2D eigenvalue weighted by Crippen LogP contribution is -2.49. The van der Waals surface area contributed by atoms with E-state index in [4.69, 9.17) is 12.2 Å². The van der Waals surface area contributed by atoms with Crippen molar-refractivity contribution in [2.75, 3.05) is 0 Å². The van der Waals surface area contributed by atoms with E-state index in [1.165, 1.54) is 6.07 Å². The molecule has 2 rings (SSSR count). The van der Waals surface area contributed by atoms with E-state index in [0.717, 1.165) is 0 Å². The molecule has 2 aromatic carbocycles. The Bertz CT molecular complexity index is 748. The molecular weight excluding hydrogens is 323 g/mol. The minimum absolute atomic E-state index is 0.136. The smallest absolute Gasteiger partial charge is 0.257 e. The first-order chi connectivity index (χ1) is 11.5. The number of rotatable bonds is 5. The molecule has 0 radical (unpaired) electrons. The van der Waals surface area contributed by atoms with Crippen molar-refractivity contribution >= 4 is 23.2 Å². The third kappa shape index (κ3) is 4.26. The molecule has 5 heteroatoms. The second-order valence-electron chi connectivity index (χ2n) is 5.58. The average Bonchev–Trinajstić information content (AvgIpc) is 2.56. The van der Waals surface area contributed by atoms with Crippen LogP contribution in [0.1, 0.15) is 29.3 Å². The van der Waals surface area contributed by atoms with Crippen LogP contribution in [0, 0.1) is 5.82 Å². The average molecular weight is 342 g/mol. The number of benzene rings is 2. The zero-order chi connectivity index (χ0) is 17.6. The van der Waals surface area contributed by atoms with Crippen molar-refractivity contribution in [2.45, 2.75) is 18.9 Å². The SMILES string of the molecule is C=CCC(C)(NC(=S)NC(=O)c1ccccc1)c1ccccc1F. The molecule has 3 nitrogen and oxygen atoms in total. The summed E-state index contributed by atoms with van der Waals surface area (Å²) in [7, 11) is 0. The Morgan fingerprint density at radius 2 is 1.83 bits per heavy atom. The van der Waals surface area contributed by atoms with Gasteiger partial charge in [-0.05, 0) is 43.8 Å². The summed E-state index contributed by atoms with van der Waals surface area (Å²) < 4.78 is 14.2. The molecule has 1 amide bonds. The van der Waals surface area contributed by atoms with Crippen molar-refractivity contribution in [2.24, 2.45) is 0 Å². The number of carbonyl (C=O) groups excluding carboxylic acids is 1. The molecule has 2 aromatic rings. The van der Waals surface area contributed by atoms with E-state index >= 15 is 0 Å². The van der Waals surface area contributed by atoms with E-state index in [0.29, 0.717) is 17.5 Å². The Morgan fingerprint density at radius 1 is 1.21 bits per heavy atom. The standard InChI is InChI=1S/C19H19FN2OS/c1-3-13-19(2,15-11-7-8-12-16(15)20)22-18(24)21-17(23)14-9-5-4-6-10-14/h3-12H,1,13H2,2H3,(H2,21,22,23,24). The van der Waals surface area contributed by atoms with Crippen molar-refractivity contribution in [1.82, 2.24) is 10.6 Å². The van der Waals surface area contributed by atoms with Crippen molar-refractivity contribution in [3.63, 3.8) is 0 Å². The fourth-order valence-corrected chi connectivity index (χ4v) is 2.79. The van der Waals surface area contributed by atoms with Gasteiger partial charge in [0, 0.05) is 11.1 Å². The quantitative estimate of drug-likeness (QED) is 0.639. The summed E-state index contributed by atoms with van der Waals surface area (Å²) in [6.07, 6.45) is 2.12. The van der Waals surface area contributed by atoms with Gasteiger partial charge in [0.1, 0.15) is 5.82 Å². The largest absolute Gasteiger partial charge is 0.353 e. The number of halogens is 1. The number of carbonyl (C=O) groups is 1. The maximum absolute atomic E-state index is 14.2. The molecule has 2 N–H and O–H groups in total. The number of thiocarbonyl (C=S) groups is 1. The van der Waals surface area contributed by atoms with Gasteiger partial charge in [-0.1, -0.05) is 42.5 Å². The number of hydrogen-bond acceptors (Lipinski definition) is 2. The highest BCUT2D eigenvalue weighted by atomic mass is 32.1. The Morgan fingerprint density at radius 3 is 2.46 bits per heavy atom. The van der Waals surface area contributed by atoms with Crippen LogP contribution in [0.5, 0.6) is 0 Å². The third-order valence-electron chi connectivity index (χ3n) is 3.67. The first kappa shape index (κ1) is 17.8. The first-order valence-electron chi connectivity index (χ1n) is 7.51. The monoisotopic (exact) mass is 342 g/mol. The second kappa shape index (κ2) is 7.84. The van der Waals surface area contributed by atoms with Gasteiger partial charge in [0.25, 0.3) is 5.91 Å². The Hall–Kier alpha value is -2.53.